The molecular formula is C20H24N6O3S. The lowest BCUT2D eigenvalue weighted by Crippen LogP contribution is -2.42. The average molecular weight is 429 g/mol. The fourth-order valence-corrected chi connectivity index (χ4v) is 4.88. The third-order valence-electron chi connectivity index (χ3n) is 5.18. The molecule has 0 unspecified atom stereocenters. The molecule has 1 aliphatic rings. The first-order valence-corrected chi connectivity index (χ1v) is 10.7. The maximum atomic E-state index is 12.9. The smallest absolute Gasteiger partial charge is 0.261 e. The second kappa shape index (κ2) is 8.49. The van der Waals surface area contributed by atoms with Crippen LogP contribution in [0.15, 0.2) is 18.3 Å². The van der Waals surface area contributed by atoms with Crippen molar-refractivity contribution < 1.29 is 14.3 Å². The van der Waals surface area contributed by atoms with Gasteiger partial charge in [0, 0.05) is 37.2 Å². The van der Waals surface area contributed by atoms with E-state index in [1.54, 1.807) is 22.8 Å². The number of pyridine rings is 1. The van der Waals surface area contributed by atoms with Gasteiger partial charge in [-0.2, -0.15) is 5.10 Å². The molecule has 1 fully saturated rings. The van der Waals surface area contributed by atoms with Gasteiger partial charge in [0.2, 0.25) is 5.91 Å². The molecule has 0 aromatic carbocycles. The summed E-state index contributed by atoms with van der Waals surface area (Å²) in [4.78, 5) is 37.2. The minimum atomic E-state index is -0.372. The van der Waals surface area contributed by atoms with Crippen molar-refractivity contribution >= 4 is 33.4 Å². The first kappa shape index (κ1) is 20.4. The number of nitrogens with one attached hydrogen (secondary N) is 1. The molecule has 3 aromatic heterocycles. The van der Waals surface area contributed by atoms with Gasteiger partial charge in [0.15, 0.2) is 0 Å². The highest BCUT2D eigenvalue weighted by Gasteiger charge is 2.31. The van der Waals surface area contributed by atoms with Crippen LogP contribution in [0.1, 0.15) is 39.4 Å². The Morgan fingerprint density at radius 1 is 1.37 bits per heavy atom. The molecule has 1 saturated heterocycles. The normalized spacial score (nSPS) is 16.8. The van der Waals surface area contributed by atoms with E-state index < -0.39 is 0 Å². The maximum absolute atomic E-state index is 12.9. The van der Waals surface area contributed by atoms with Crippen molar-refractivity contribution in [1.29, 1.82) is 0 Å². The van der Waals surface area contributed by atoms with Gasteiger partial charge in [-0.25, -0.2) is 14.6 Å². The molecule has 0 spiro atoms. The molecule has 4 rings (SSSR count). The van der Waals surface area contributed by atoms with Crippen molar-refractivity contribution in [2.75, 3.05) is 26.7 Å². The summed E-state index contributed by atoms with van der Waals surface area (Å²) < 4.78 is 7.77. The predicted octanol–water partition coefficient (Wildman–Crippen LogP) is 1.85. The predicted molar refractivity (Wildman–Crippen MR) is 112 cm³/mol. The molecule has 0 saturated carbocycles. The second-order valence-corrected chi connectivity index (χ2v) is 8.16. The third kappa shape index (κ3) is 3.92. The lowest BCUT2D eigenvalue weighted by atomic mass is 10.0. The number of aromatic nitrogens is 4. The number of hydrogen-bond acceptors (Lipinski definition) is 7. The number of aryl methyl sites for hydroxylation is 3. The van der Waals surface area contributed by atoms with Crippen LogP contribution in [0.2, 0.25) is 0 Å². The van der Waals surface area contributed by atoms with Crippen LogP contribution >= 0.6 is 11.3 Å². The molecule has 9 nitrogen and oxygen atoms in total. The molecule has 0 radical (unpaired) electrons. The Kier molecular flexibility index (Phi) is 5.78. The Hall–Kier alpha value is -2.85. The molecule has 10 heteroatoms. The van der Waals surface area contributed by atoms with Gasteiger partial charge in [-0.05, 0) is 19.9 Å². The Balaban J connectivity index is 1.53. The van der Waals surface area contributed by atoms with E-state index >= 15 is 0 Å². The Morgan fingerprint density at radius 2 is 2.20 bits per heavy atom. The van der Waals surface area contributed by atoms with E-state index in [-0.39, 0.29) is 17.9 Å². The zero-order valence-electron chi connectivity index (χ0n) is 17.2. The number of hydrogen-bond donors (Lipinski definition) is 1. The number of fused-ring (bicyclic) bond motifs is 1. The zero-order chi connectivity index (χ0) is 21.3. The van der Waals surface area contributed by atoms with Gasteiger partial charge in [-0.1, -0.05) is 6.07 Å². The van der Waals surface area contributed by atoms with E-state index in [4.69, 9.17) is 4.74 Å². The van der Waals surface area contributed by atoms with Crippen LogP contribution in [0, 0.1) is 13.8 Å². The van der Waals surface area contributed by atoms with Crippen LogP contribution in [0.4, 0.5) is 0 Å². The lowest BCUT2D eigenvalue weighted by molar-refractivity contribution is -0.139. The standard InChI is InChI=1S/C20H24N6O3S/c1-12-23-13(2)26(24-12)8-6-16(27)25-9-10-29-15(11-25)17-14-5-4-7-22-20(14)30-18(17)19(28)21-3/h4-5,7,15H,6,8-11H2,1-3H3,(H,21,28)/t15-/m0/s1. The Bertz CT molecular complexity index is 1090. The first-order valence-electron chi connectivity index (χ1n) is 9.85. The van der Waals surface area contributed by atoms with Crippen LogP contribution in [-0.2, 0) is 16.1 Å². The van der Waals surface area contributed by atoms with E-state index in [0.29, 0.717) is 43.4 Å². The van der Waals surface area contributed by atoms with Gasteiger partial charge in [0.25, 0.3) is 5.91 Å². The third-order valence-corrected chi connectivity index (χ3v) is 6.31. The molecule has 158 valence electrons. The first-order chi connectivity index (χ1) is 14.5. The molecule has 0 aliphatic carbocycles. The fraction of sp³-hybridized carbons (Fsp3) is 0.450. The molecular weight excluding hydrogens is 404 g/mol. The second-order valence-electron chi connectivity index (χ2n) is 7.16. The number of rotatable bonds is 5. The summed E-state index contributed by atoms with van der Waals surface area (Å²) >= 11 is 1.35. The number of carbonyl (C=O) groups is 2. The monoisotopic (exact) mass is 428 g/mol. The average Bonchev–Trinajstić information content (AvgIpc) is 3.30. The zero-order valence-corrected chi connectivity index (χ0v) is 18.0. The van der Waals surface area contributed by atoms with Gasteiger partial charge in [-0.3, -0.25) is 9.59 Å². The van der Waals surface area contributed by atoms with E-state index in [0.717, 1.165) is 21.6 Å². The highest BCUT2D eigenvalue weighted by molar-refractivity contribution is 7.20. The van der Waals surface area contributed by atoms with Crippen LogP contribution in [-0.4, -0.2) is 63.2 Å². The number of amides is 2. The van der Waals surface area contributed by atoms with Crippen molar-refractivity contribution in [3.8, 4) is 0 Å². The van der Waals surface area contributed by atoms with Gasteiger partial charge in [-0.15, -0.1) is 11.3 Å². The summed E-state index contributed by atoms with van der Waals surface area (Å²) in [5, 5.41) is 7.91. The molecule has 30 heavy (non-hydrogen) atoms. The van der Waals surface area contributed by atoms with Crippen LogP contribution in [0.25, 0.3) is 10.2 Å². The molecule has 1 atom stereocenters. The minimum Gasteiger partial charge on any atom is -0.370 e. The van der Waals surface area contributed by atoms with E-state index in [1.807, 2.05) is 26.0 Å². The number of carbonyl (C=O) groups excluding carboxylic acids is 2. The number of thiophene rings is 1. The summed E-state index contributed by atoms with van der Waals surface area (Å²) in [6.07, 6.45) is 1.68. The van der Waals surface area contributed by atoms with Crippen molar-refractivity contribution in [3.63, 3.8) is 0 Å². The van der Waals surface area contributed by atoms with E-state index in [1.165, 1.54) is 11.3 Å². The number of nitrogens with zero attached hydrogens (tertiary/aromatic N) is 5. The minimum absolute atomic E-state index is 0.0370. The molecule has 1 N–H and O–H groups in total. The van der Waals surface area contributed by atoms with Gasteiger partial charge in [0.05, 0.1) is 19.7 Å². The molecule has 4 heterocycles. The van der Waals surface area contributed by atoms with E-state index in [9.17, 15) is 9.59 Å². The summed E-state index contributed by atoms with van der Waals surface area (Å²) in [6.45, 7) is 5.55. The number of ether oxygens (including phenoxy) is 1. The van der Waals surface area contributed by atoms with Crippen LogP contribution < -0.4 is 5.32 Å². The van der Waals surface area contributed by atoms with Crippen molar-refractivity contribution in [2.45, 2.75) is 32.9 Å². The molecule has 0 bridgehead atoms. The van der Waals surface area contributed by atoms with Gasteiger partial charge >= 0.3 is 0 Å². The van der Waals surface area contributed by atoms with Crippen LogP contribution in [0.3, 0.4) is 0 Å². The summed E-state index contributed by atoms with van der Waals surface area (Å²) in [6, 6.07) is 3.79. The van der Waals surface area contributed by atoms with Crippen LogP contribution in [0.5, 0.6) is 0 Å². The van der Waals surface area contributed by atoms with Crippen molar-refractivity contribution in [2.24, 2.45) is 0 Å². The molecule has 3 aromatic rings. The fourth-order valence-electron chi connectivity index (χ4n) is 3.74. The Labute approximate surface area is 178 Å². The Morgan fingerprint density at radius 3 is 2.93 bits per heavy atom. The largest absolute Gasteiger partial charge is 0.370 e. The number of morpholine rings is 1. The lowest BCUT2D eigenvalue weighted by Gasteiger charge is -2.33. The van der Waals surface area contributed by atoms with Gasteiger partial charge < -0.3 is 15.0 Å². The SMILES string of the molecule is CNC(=O)c1sc2ncccc2c1[C@@H]1CN(C(=O)CCn2nc(C)nc2C)CCO1. The topological polar surface area (TPSA) is 102 Å². The summed E-state index contributed by atoms with van der Waals surface area (Å²) in [5.74, 6) is 1.37. The molecule has 1 aliphatic heterocycles. The summed E-state index contributed by atoms with van der Waals surface area (Å²) in [5.41, 5.74) is 0.808. The highest BCUT2D eigenvalue weighted by Crippen LogP contribution is 2.37. The highest BCUT2D eigenvalue weighted by atomic mass is 32.1. The van der Waals surface area contributed by atoms with E-state index in [2.05, 4.69) is 20.4 Å². The molecule has 2 amide bonds. The van der Waals surface area contributed by atoms with Gasteiger partial charge in [0.1, 0.15) is 27.5 Å². The van der Waals surface area contributed by atoms with Crippen molar-refractivity contribution in [1.82, 2.24) is 30.0 Å². The van der Waals surface area contributed by atoms with Crippen molar-refractivity contribution in [3.05, 3.63) is 40.4 Å². The summed E-state index contributed by atoms with van der Waals surface area (Å²) in [7, 11) is 1.61. The maximum Gasteiger partial charge on any atom is 0.261 e. The quantitative estimate of drug-likeness (QED) is 0.665.